The van der Waals surface area contributed by atoms with E-state index in [4.69, 9.17) is 6.42 Å². The van der Waals surface area contributed by atoms with Crippen LogP contribution in [-0.2, 0) is 0 Å². The van der Waals surface area contributed by atoms with Gasteiger partial charge in [-0.15, -0.1) is 6.42 Å². The highest BCUT2D eigenvalue weighted by Crippen LogP contribution is 2.27. The van der Waals surface area contributed by atoms with Gasteiger partial charge in [-0.1, -0.05) is 113 Å². The summed E-state index contributed by atoms with van der Waals surface area (Å²) in [6.45, 7) is 2.21. The minimum Gasteiger partial charge on any atom is -0.119 e. The molecule has 108 valence electrons. The van der Waals surface area contributed by atoms with Crippen molar-refractivity contribution in [2.45, 2.75) is 30.1 Å². The second-order valence-electron chi connectivity index (χ2n) is 5.36. The molecule has 0 heterocycles. The van der Waals surface area contributed by atoms with Crippen LogP contribution in [0.15, 0.2) is 60.7 Å². The second kappa shape index (κ2) is 7.63. The number of terminal acetylenes is 1. The molecule has 2 aromatic carbocycles. The maximum absolute atomic E-state index is 5.96. The van der Waals surface area contributed by atoms with Crippen LogP contribution in [0.1, 0.15) is 26.2 Å². The summed E-state index contributed by atoms with van der Waals surface area (Å²) in [6.07, 6.45) is 9.31. The lowest BCUT2D eigenvalue weighted by Crippen LogP contribution is -2.56. The van der Waals surface area contributed by atoms with Crippen molar-refractivity contribution < 1.29 is 0 Å². The molecule has 0 spiro atoms. The van der Waals surface area contributed by atoms with E-state index in [2.05, 4.69) is 89.4 Å². The van der Waals surface area contributed by atoms with Gasteiger partial charge in [-0.3, -0.25) is 0 Å². The van der Waals surface area contributed by atoms with E-state index in [0.29, 0.717) is 0 Å². The molecular formula is C19H21BrSi. The third-order valence-electron chi connectivity index (χ3n) is 3.86. The van der Waals surface area contributed by atoms with Crippen LogP contribution in [0.3, 0.4) is 0 Å². The van der Waals surface area contributed by atoms with Crippen molar-refractivity contribution in [3.8, 4) is 12.3 Å². The number of halogens is 1. The summed E-state index contributed by atoms with van der Waals surface area (Å²) in [5, 5.41) is 2.80. The highest BCUT2D eigenvalue weighted by molar-refractivity contribution is 9.10. The van der Waals surface area contributed by atoms with Crippen molar-refractivity contribution >= 4 is 35.1 Å². The van der Waals surface area contributed by atoms with Crippen LogP contribution >= 0.6 is 15.9 Å². The number of benzene rings is 2. The number of unbranched alkanes of at least 4 members (excludes halogenated alkanes) is 1. The molecule has 0 saturated heterocycles. The molecule has 0 aromatic heterocycles. The van der Waals surface area contributed by atoms with Crippen molar-refractivity contribution in [1.29, 1.82) is 0 Å². The van der Waals surface area contributed by atoms with Gasteiger partial charge in [0.2, 0.25) is 0 Å². The maximum atomic E-state index is 5.96. The van der Waals surface area contributed by atoms with Crippen LogP contribution < -0.4 is 10.4 Å². The Morgan fingerprint density at radius 3 is 1.86 bits per heavy atom. The molecule has 0 fully saturated rings. The Bertz CT molecular complexity index is 548. The predicted octanol–water partition coefficient (Wildman–Crippen LogP) is 3.52. The average Bonchev–Trinajstić information content (AvgIpc) is 2.55. The first kappa shape index (κ1) is 16.1. The molecular weight excluding hydrogens is 336 g/mol. The van der Waals surface area contributed by atoms with E-state index in [-0.39, 0.29) is 3.95 Å². The maximum Gasteiger partial charge on any atom is 0.134 e. The smallest absolute Gasteiger partial charge is 0.119 e. The van der Waals surface area contributed by atoms with Crippen LogP contribution in [0.2, 0.25) is 0 Å². The first-order valence-corrected chi connectivity index (χ1v) is 10.0. The van der Waals surface area contributed by atoms with E-state index in [1.807, 2.05) is 0 Å². The van der Waals surface area contributed by atoms with Gasteiger partial charge in [0.15, 0.2) is 0 Å². The molecule has 0 N–H and O–H groups in total. The van der Waals surface area contributed by atoms with E-state index < -0.39 is 8.80 Å². The van der Waals surface area contributed by atoms with Crippen LogP contribution in [0.5, 0.6) is 0 Å². The van der Waals surface area contributed by atoms with Gasteiger partial charge in [0, 0.05) is 0 Å². The molecule has 1 atom stereocenters. The second-order valence-corrected chi connectivity index (χ2v) is 10.8. The molecule has 0 saturated carbocycles. The molecule has 0 bridgehead atoms. The SMILES string of the molecule is C#CC(Br)(CCCC)[SiH](c1ccccc1)c1ccccc1. The number of hydrogen-bond donors (Lipinski definition) is 0. The molecule has 0 aliphatic carbocycles. The van der Waals surface area contributed by atoms with Crippen molar-refractivity contribution in [3.63, 3.8) is 0 Å². The van der Waals surface area contributed by atoms with Gasteiger partial charge in [0.25, 0.3) is 0 Å². The predicted molar refractivity (Wildman–Crippen MR) is 99.3 cm³/mol. The third-order valence-corrected chi connectivity index (χ3v) is 9.33. The Kier molecular flexibility index (Phi) is 5.84. The van der Waals surface area contributed by atoms with Crippen LogP contribution in [-0.4, -0.2) is 12.7 Å². The Morgan fingerprint density at radius 1 is 1.00 bits per heavy atom. The molecule has 0 aliphatic rings. The fourth-order valence-corrected chi connectivity index (χ4v) is 7.93. The van der Waals surface area contributed by atoms with E-state index in [1.165, 1.54) is 16.8 Å². The molecule has 0 radical (unpaired) electrons. The molecule has 2 heteroatoms. The summed E-state index contributed by atoms with van der Waals surface area (Å²) in [4.78, 5) is 0. The monoisotopic (exact) mass is 356 g/mol. The van der Waals surface area contributed by atoms with Gasteiger partial charge in [-0.05, 0) is 6.42 Å². The number of alkyl halides is 1. The Morgan fingerprint density at radius 2 is 1.48 bits per heavy atom. The largest absolute Gasteiger partial charge is 0.134 e. The van der Waals surface area contributed by atoms with Crippen molar-refractivity contribution in [1.82, 2.24) is 0 Å². The van der Waals surface area contributed by atoms with Crippen molar-refractivity contribution in [3.05, 3.63) is 60.7 Å². The van der Waals surface area contributed by atoms with Crippen LogP contribution in [0.4, 0.5) is 0 Å². The van der Waals surface area contributed by atoms with Crippen molar-refractivity contribution in [2.75, 3.05) is 0 Å². The normalized spacial score (nSPS) is 13.6. The molecule has 2 aromatic rings. The first-order valence-electron chi connectivity index (χ1n) is 7.48. The Balaban J connectivity index is 2.48. The molecule has 0 aliphatic heterocycles. The molecule has 0 amide bonds. The number of rotatable bonds is 6. The zero-order valence-electron chi connectivity index (χ0n) is 12.4. The molecule has 2 rings (SSSR count). The summed E-state index contributed by atoms with van der Waals surface area (Å²) in [5.41, 5.74) is 0. The van der Waals surface area contributed by atoms with Gasteiger partial charge >= 0.3 is 0 Å². The fourth-order valence-electron chi connectivity index (χ4n) is 2.75. The standard InChI is InChI=1S/C19H21BrSi/c1-3-5-16-19(20,4-2)21(17-12-8-6-9-13-17)18-14-10-7-11-15-18/h2,6-15,21H,3,5,16H2,1H3. The minimum absolute atomic E-state index is 0.203. The van der Waals surface area contributed by atoms with Gasteiger partial charge in [0.1, 0.15) is 8.80 Å². The highest BCUT2D eigenvalue weighted by Gasteiger charge is 2.37. The fraction of sp³-hybridized carbons (Fsp3) is 0.263. The van der Waals surface area contributed by atoms with Crippen molar-refractivity contribution in [2.24, 2.45) is 0 Å². The Hall–Kier alpha value is -1.30. The lowest BCUT2D eigenvalue weighted by atomic mass is 10.2. The third kappa shape index (κ3) is 3.87. The van der Waals surface area contributed by atoms with Crippen LogP contribution in [0, 0.1) is 12.3 Å². The lowest BCUT2D eigenvalue weighted by Gasteiger charge is -2.31. The summed E-state index contributed by atoms with van der Waals surface area (Å²) in [6, 6.07) is 21.5. The topological polar surface area (TPSA) is 0 Å². The summed E-state index contributed by atoms with van der Waals surface area (Å²) >= 11 is 3.95. The summed E-state index contributed by atoms with van der Waals surface area (Å²) in [7, 11) is -1.53. The van der Waals surface area contributed by atoms with Gasteiger partial charge < -0.3 is 0 Å². The zero-order chi connectivity index (χ0) is 15.1. The molecule has 0 nitrogen and oxygen atoms in total. The number of hydrogen-bond acceptors (Lipinski definition) is 0. The molecule has 1 unspecified atom stereocenters. The van der Waals surface area contributed by atoms with Crippen LogP contribution in [0.25, 0.3) is 0 Å². The first-order chi connectivity index (χ1) is 10.2. The molecule has 21 heavy (non-hydrogen) atoms. The zero-order valence-corrected chi connectivity index (χ0v) is 15.2. The van der Waals surface area contributed by atoms with Gasteiger partial charge in [-0.2, -0.15) is 0 Å². The van der Waals surface area contributed by atoms with E-state index in [0.717, 1.165) is 12.8 Å². The summed E-state index contributed by atoms with van der Waals surface area (Å²) in [5.74, 6) is 3.09. The van der Waals surface area contributed by atoms with E-state index in [9.17, 15) is 0 Å². The quantitative estimate of drug-likeness (QED) is 0.422. The van der Waals surface area contributed by atoms with E-state index >= 15 is 0 Å². The highest BCUT2D eigenvalue weighted by atomic mass is 79.9. The van der Waals surface area contributed by atoms with Gasteiger partial charge in [-0.25, -0.2) is 0 Å². The minimum atomic E-state index is -1.53. The average molecular weight is 357 g/mol. The lowest BCUT2D eigenvalue weighted by molar-refractivity contribution is 0.719. The van der Waals surface area contributed by atoms with E-state index in [1.54, 1.807) is 0 Å². The Labute approximate surface area is 138 Å². The van der Waals surface area contributed by atoms with Gasteiger partial charge in [0.05, 0.1) is 3.95 Å². The summed E-state index contributed by atoms with van der Waals surface area (Å²) < 4.78 is -0.203.